The Labute approximate surface area is 149 Å². The van der Waals surface area contributed by atoms with E-state index in [1.54, 1.807) is 54.9 Å². The molecule has 0 aromatic carbocycles. The van der Waals surface area contributed by atoms with Crippen LogP contribution in [0, 0.1) is 0 Å². The summed E-state index contributed by atoms with van der Waals surface area (Å²) in [6, 6.07) is 13.2. The standard InChI is InChI=1S/C19H15N5O2/c1-2-13-9-10-17(21-12-13)24-19(26)15-7-5-6-14(22-15)18(25)23-16-8-3-4-11-20-16/h2-12H,1H2,(H,20,23,25)(H,21,24,26). The van der Waals surface area contributed by atoms with Gasteiger partial charge in [-0.2, -0.15) is 0 Å². The van der Waals surface area contributed by atoms with Gasteiger partial charge >= 0.3 is 0 Å². The van der Waals surface area contributed by atoms with Crippen LogP contribution in [0.4, 0.5) is 11.6 Å². The van der Waals surface area contributed by atoms with Gasteiger partial charge in [-0.3, -0.25) is 9.59 Å². The summed E-state index contributed by atoms with van der Waals surface area (Å²) in [5, 5.41) is 5.26. The molecule has 0 aliphatic heterocycles. The van der Waals surface area contributed by atoms with E-state index in [-0.39, 0.29) is 11.4 Å². The molecule has 0 spiro atoms. The molecular formula is C19H15N5O2. The Kier molecular flexibility index (Phi) is 5.09. The largest absolute Gasteiger partial charge is 0.305 e. The van der Waals surface area contributed by atoms with Crippen molar-refractivity contribution in [3.8, 4) is 0 Å². The summed E-state index contributed by atoms with van der Waals surface area (Å²) in [5.41, 5.74) is 1.06. The molecule has 7 heteroatoms. The minimum absolute atomic E-state index is 0.105. The topological polar surface area (TPSA) is 96.9 Å². The van der Waals surface area contributed by atoms with Crippen LogP contribution < -0.4 is 10.6 Å². The van der Waals surface area contributed by atoms with Crippen LogP contribution in [-0.2, 0) is 0 Å². The quantitative estimate of drug-likeness (QED) is 0.741. The highest BCUT2D eigenvalue weighted by molar-refractivity contribution is 6.05. The van der Waals surface area contributed by atoms with Crippen LogP contribution in [0.3, 0.4) is 0 Å². The molecule has 7 nitrogen and oxygen atoms in total. The molecule has 2 N–H and O–H groups in total. The van der Waals surface area contributed by atoms with Crippen LogP contribution in [0.15, 0.2) is 67.5 Å². The van der Waals surface area contributed by atoms with Crippen molar-refractivity contribution in [2.24, 2.45) is 0 Å². The van der Waals surface area contributed by atoms with Crippen LogP contribution in [0.1, 0.15) is 26.5 Å². The van der Waals surface area contributed by atoms with Gasteiger partial charge < -0.3 is 10.6 Å². The van der Waals surface area contributed by atoms with Crippen molar-refractivity contribution in [1.29, 1.82) is 0 Å². The summed E-state index contributed by atoms with van der Waals surface area (Å²) in [7, 11) is 0. The third kappa shape index (κ3) is 4.15. The molecule has 0 fully saturated rings. The zero-order valence-electron chi connectivity index (χ0n) is 13.7. The van der Waals surface area contributed by atoms with Crippen LogP contribution in [0.2, 0.25) is 0 Å². The van der Waals surface area contributed by atoms with E-state index >= 15 is 0 Å². The molecule has 2 amide bonds. The van der Waals surface area contributed by atoms with Gasteiger partial charge in [-0.1, -0.05) is 24.8 Å². The van der Waals surface area contributed by atoms with Crippen LogP contribution >= 0.6 is 0 Å². The first-order valence-electron chi connectivity index (χ1n) is 7.75. The Balaban J connectivity index is 1.72. The maximum atomic E-state index is 12.3. The summed E-state index contributed by atoms with van der Waals surface area (Å²) in [6.07, 6.45) is 4.81. The summed E-state index contributed by atoms with van der Waals surface area (Å²) >= 11 is 0. The molecule has 0 saturated carbocycles. The van der Waals surface area contributed by atoms with Crippen molar-refractivity contribution in [3.05, 3.63) is 84.5 Å². The molecule has 0 unspecified atom stereocenters. The van der Waals surface area contributed by atoms with Crippen LogP contribution in [0.25, 0.3) is 6.08 Å². The van der Waals surface area contributed by atoms with Gasteiger partial charge in [0.2, 0.25) is 0 Å². The number of nitrogens with one attached hydrogen (secondary N) is 2. The molecule has 3 aromatic heterocycles. The number of aromatic nitrogens is 3. The number of carbonyl (C=O) groups is 2. The second kappa shape index (κ2) is 7.80. The molecule has 0 aliphatic rings. The fourth-order valence-corrected chi connectivity index (χ4v) is 2.09. The van der Waals surface area contributed by atoms with Crippen molar-refractivity contribution < 1.29 is 9.59 Å². The molecule has 0 radical (unpaired) electrons. The van der Waals surface area contributed by atoms with Crippen molar-refractivity contribution in [2.45, 2.75) is 0 Å². The Morgan fingerprint density at radius 1 is 0.846 bits per heavy atom. The number of amides is 2. The number of carbonyl (C=O) groups excluding carboxylic acids is 2. The minimum atomic E-state index is -0.462. The summed E-state index contributed by atoms with van der Waals surface area (Å²) < 4.78 is 0. The molecule has 0 atom stereocenters. The lowest BCUT2D eigenvalue weighted by Gasteiger charge is -2.06. The van der Waals surface area contributed by atoms with E-state index in [0.29, 0.717) is 11.6 Å². The Hall–Kier alpha value is -3.87. The molecular weight excluding hydrogens is 330 g/mol. The van der Waals surface area contributed by atoms with Gasteiger partial charge in [0.15, 0.2) is 0 Å². The zero-order valence-corrected chi connectivity index (χ0v) is 13.7. The number of nitrogens with zero attached hydrogens (tertiary/aromatic N) is 3. The van der Waals surface area contributed by atoms with Gasteiger partial charge in [0.05, 0.1) is 0 Å². The first kappa shape index (κ1) is 17.0. The van der Waals surface area contributed by atoms with Gasteiger partial charge in [0, 0.05) is 12.4 Å². The van der Waals surface area contributed by atoms with E-state index in [0.717, 1.165) is 5.56 Å². The second-order valence-electron chi connectivity index (χ2n) is 5.21. The number of hydrogen-bond acceptors (Lipinski definition) is 5. The van der Waals surface area contributed by atoms with Gasteiger partial charge in [-0.05, 0) is 42.0 Å². The molecule has 3 heterocycles. The first-order chi connectivity index (χ1) is 12.7. The van der Waals surface area contributed by atoms with Gasteiger partial charge in [-0.25, -0.2) is 15.0 Å². The summed E-state index contributed by atoms with van der Waals surface area (Å²) in [5.74, 6) is -0.130. The normalized spacial score (nSPS) is 10.0. The van der Waals surface area contributed by atoms with Crippen molar-refractivity contribution in [2.75, 3.05) is 10.6 Å². The monoisotopic (exact) mass is 345 g/mol. The lowest BCUT2D eigenvalue weighted by atomic mass is 10.2. The number of pyridine rings is 3. The van der Waals surface area contributed by atoms with E-state index in [2.05, 4.69) is 32.2 Å². The maximum absolute atomic E-state index is 12.3. The molecule has 0 aliphatic carbocycles. The second-order valence-corrected chi connectivity index (χ2v) is 5.21. The Bertz CT molecular complexity index is 940. The highest BCUT2D eigenvalue weighted by atomic mass is 16.2. The highest BCUT2D eigenvalue weighted by Crippen LogP contribution is 2.09. The lowest BCUT2D eigenvalue weighted by molar-refractivity contribution is 0.101. The predicted octanol–water partition coefficient (Wildman–Crippen LogP) is 3.02. The van der Waals surface area contributed by atoms with Gasteiger partial charge in [-0.15, -0.1) is 0 Å². The molecule has 128 valence electrons. The molecule has 0 bridgehead atoms. The van der Waals surface area contributed by atoms with Crippen LogP contribution in [-0.4, -0.2) is 26.8 Å². The Morgan fingerprint density at radius 2 is 1.54 bits per heavy atom. The van der Waals surface area contributed by atoms with Crippen molar-refractivity contribution >= 4 is 29.5 Å². The third-order valence-corrected chi connectivity index (χ3v) is 3.38. The van der Waals surface area contributed by atoms with Crippen LogP contribution in [0.5, 0.6) is 0 Å². The van der Waals surface area contributed by atoms with Gasteiger partial charge in [0.25, 0.3) is 11.8 Å². The van der Waals surface area contributed by atoms with Crippen molar-refractivity contribution in [3.63, 3.8) is 0 Å². The third-order valence-electron chi connectivity index (χ3n) is 3.38. The van der Waals surface area contributed by atoms with E-state index in [9.17, 15) is 9.59 Å². The van der Waals surface area contributed by atoms with E-state index in [1.165, 1.54) is 12.1 Å². The first-order valence-corrected chi connectivity index (χ1v) is 7.75. The number of hydrogen-bond donors (Lipinski definition) is 2. The average molecular weight is 345 g/mol. The minimum Gasteiger partial charge on any atom is -0.305 e. The van der Waals surface area contributed by atoms with Crippen molar-refractivity contribution in [1.82, 2.24) is 15.0 Å². The smallest absolute Gasteiger partial charge is 0.275 e. The molecule has 3 rings (SSSR count). The molecule has 26 heavy (non-hydrogen) atoms. The van der Waals surface area contributed by atoms with E-state index in [1.807, 2.05) is 0 Å². The number of rotatable bonds is 5. The number of anilines is 2. The fourth-order valence-electron chi connectivity index (χ4n) is 2.09. The summed E-state index contributed by atoms with van der Waals surface area (Å²) in [4.78, 5) is 36.8. The molecule has 0 saturated heterocycles. The van der Waals surface area contributed by atoms with E-state index in [4.69, 9.17) is 0 Å². The zero-order chi connectivity index (χ0) is 18.4. The van der Waals surface area contributed by atoms with E-state index < -0.39 is 11.8 Å². The Morgan fingerprint density at radius 3 is 2.08 bits per heavy atom. The van der Waals surface area contributed by atoms with Gasteiger partial charge in [0.1, 0.15) is 23.0 Å². The maximum Gasteiger partial charge on any atom is 0.275 e. The lowest BCUT2D eigenvalue weighted by Crippen LogP contribution is -2.19. The highest BCUT2D eigenvalue weighted by Gasteiger charge is 2.13. The fraction of sp³-hybridized carbons (Fsp3) is 0. The SMILES string of the molecule is C=Cc1ccc(NC(=O)c2cccc(C(=O)Nc3ccccn3)n2)nc1. The predicted molar refractivity (Wildman–Crippen MR) is 98.7 cm³/mol. The molecule has 3 aromatic rings. The summed E-state index contributed by atoms with van der Waals surface area (Å²) in [6.45, 7) is 3.65. The average Bonchev–Trinajstić information content (AvgIpc) is 2.69.